The number of rotatable bonds is 7. The molecule has 4 nitrogen and oxygen atoms in total. The molecule has 1 aromatic rings. The molecule has 1 N–H and O–H groups in total. The Kier molecular flexibility index (Phi) is 5.91. The van der Waals surface area contributed by atoms with Crippen molar-refractivity contribution in [3.63, 3.8) is 0 Å². The van der Waals surface area contributed by atoms with Crippen LogP contribution in [0.4, 0.5) is 0 Å². The molecule has 0 spiro atoms. The number of nitrogens with one attached hydrogen (secondary N) is 1. The molecular weight excluding hydrogens is 214 g/mol. The summed E-state index contributed by atoms with van der Waals surface area (Å²) in [6, 6.07) is 1.60. The summed E-state index contributed by atoms with van der Waals surface area (Å²) in [5.74, 6) is 0.816. The van der Waals surface area contributed by atoms with Crippen molar-refractivity contribution in [1.29, 1.82) is 0 Å². The van der Waals surface area contributed by atoms with Crippen LogP contribution in [0, 0.1) is 13.8 Å². The van der Waals surface area contributed by atoms with Gasteiger partial charge in [0.05, 0.1) is 0 Å². The average Bonchev–Trinajstić information content (AvgIpc) is 2.26. The summed E-state index contributed by atoms with van der Waals surface area (Å²) in [6.07, 6.45) is 3.28. The van der Waals surface area contributed by atoms with Crippen LogP contribution in [-0.4, -0.2) is 22.6 Å². The topological polar surface area (TPSA) is 46.9 Å². The smallest absolute Gasteiger partial charge is 0.253 e. The van der Waals surface area contributed by atoms with Gasteiger partial charge >= 0.3 is 0 Å². The number of unbranched alkanes of at least 4 members (excludes halogenated alkanes) is 1. The Hall–Kier alpha value is -1.16. The third kappa shape index (κ3) is 4.69. The van der Waals surface area contributed by atoms with Gasteiger partial charge in [0.2, 0.25) is 0 Å². The lowest BCUT2D eigenvalue weighted by Gasteiger charge is -2.09. The van der Waals surface area contributed by atoms with Gasteiger partial charge < -0.3 is 5.32 Å². The molecule has 1 aromatic heterocycles. The van der Waals surface area contributed by atoms with Gasteiger partial charge in [0, 0.05) is 18.3 Å². The first-order valence-corrected chi connectivity index (χ1v) is 6.41. The van der Waals surface area contributed by atoms with Crippen molar-refractivity contribution >= 4 is 0 Å². The lowest BCUT2D eigenvalue weighted by Crippen LogP contribution is -2.24. The molecule has 4 heteroatoms. The lowest BCUT2D eigenvalue weighted by molar-refractivity contribution is 0.542. The second kappa shape index (κ2) is 7.22. The molecule has 1 rings (SSSR count). The molecule has 0 fully saturated rings. The third-order valence-corrected chi connectivity index (χ3v) is 2.74. The van der Waals surface area contributed by atoms with Crippen LogP contribution in [0.25, 0.3) is 0 Å². The molecule has 0 saturated carbocycles. The zero-order valence-corrected chi connectivity index (χ0v) is 11.1. The van der Waals surface area contributed by atoms with E-state index in [1.165, 1.54) is 6.42 Å². The average molecular weight is 237 g/mol. The second-order valence-electron chi connectivity index (χ2n) is 4.39. The quantitative estimate of drug-likeness (QED) is 0.733. The molecule has 0 saturated heterocycles. The van der Waals surface area contributed by atoms with Crippen molar-refractivity contribution in [2.75, 3.05) is 13.1 Å². The van der Waals surface area contributed by atoms with Crippen molar-refractivity contribution in [1.82, 2.24) is 14.9 Å². The molecule has 0 atom stereocenters. The van der Waals surface area contributed by atoms with Crippen LogP contribution in [0.2, 0.25) is 0 Å². The van der Waals surface area contributed by atoms with Crippen molar-refractivity contribution < 1.29 is 0 Å². The van der Waals surface area contributed by atoms with Gasteiger partial charge in [0.15, 0.2) is 0 Å². The molecule has 0 aromatic carbocycles. The second-order valence-corrected chi connectivity index (χ2v) is 4.39. The normalized spacial score (nSPS) is 10.8. The first kappa shape index (κ1) is 13.9. The predicted molar refractivity (Wildman–Crippen MR) is 70.4 cm³/mol. The van der Waals surface area contributed by atoms with Gasteiger partial charge in [-0.2, -0.15) is 0 Å². The zero-order valence-electron chi connectivity index (χ0n) is 11.1. The van der Waals surface area contributed by atoms with E-state index >= 15 is 0 Å². The van der Waals surface area contributed by atoms with E-state index in [0.717, 1.165) is 44.0 Å². The summed E-state index contributed by atoms with van der Waals surface area (Å²) in [6.45, 7) is 8.78. The van der Waals surface area contributed by atoms with Crippen LogP contribution in [0.1, 0.15) is 37.7 Å². The molecule has 0 radical (unpaired) electrons. The monoisotopic (exact) mass is 237 g/mol. The van der Waals surface area contributed by atoms with E-state index in [9.17, 15) is 4.79 Å². The Bertz CT molecular complexity index is 398. The van der Waals surface area contributed by atoms with Gasteiger partial charge in [0.1, 0.15) is 5.82 Å². The highest BCUT2D eigenvalue weighted by atomic mass is 16.1. The number of hydrogen-bond donors (Lipinski definition) is 1. The highest BCUT2D eigenvalue weighted by Gasteiger charge is 2.02. The fourth-order valence-electron chi connectivity index (χ4n) is 1.86. The molecular formula is C13H23N3O. The van der Waals surface area contributed by atoms with Gasteiger partial charge in [-0.15, -0.1) is 0 Å². The first-order chi connectivity index (χ1) is 8.15. The predicted octanol–water partition coefficient (Wildman–Crippen LogP) is 1.64. The number of aromatic nitrogens is 2. The van der Waals surface area contributed by atoms with Crippen LogP contribution in [0.3, 0.4) is 0 Å². The number of aryl methyl sites for hydroxylation is 2. The maximum atomic E-state index is 11.7. The highest BCUT2D eigenvalue weighted by molar-refractivity contribution is 5.01. The summed E-state index contributed by atoms with van der Waals surface area (Å²) in [7, 11) is 0. The van der Waals surface area contributed by atoms with Crippen molar-refractivity contribution in [3.8, 4) is 0 Å². The lowest BCUT2D eigenvalue weighted by atomic mass is 10.3. The Morgan fingerprint density at radius 3 is 2.71 bits per heavy atom. The molecule has 0 aliphatic rings. The Labute approximate surface area is 103 Å². The SMILES string of the molecule is CCCNCCCCn1c(C)nc(C)cc1=O. The Morgan fingerprint density at radius 2 is 2.06 bits per heavy atom. The summed E-state index contributed by atoms with van der Waals surface area (Å²) < 4.78 is 1.76. The zero-order chi connectivity index (χ0) is 12.7. The maximum absolute atomic E-state index is 11.7. The molecule has 1 heterocycles. The summed E-state index contributed by atoms with van der Waals surface area (Å²) >= 11 is 0. The van der Waals surface area contributed by atoms with Crippen molar-refractivity contribution in [2.24, 2.45) is 0 Å². The fourth-order valence-corrected chi connectivity index (χ4v) is 1.86. The molecule has 0 aliphatic carbocycles. The molecule has 0 amide bonds. The Balaban J connectivity index is 2.39. The van der Waals surface area contributed by atoms with Gasteiger partial charge in [-0.05, 0) is 46.2 Å². The molecule has 17 heavy (non-hydrogen) atoms. The van der Waals surface area contributed by atoms with Gasteiger partial charge in [-0.1, -0.05) is 6.92 Å². The highest BCUT2D eigenvalue weighted by Crippen LogP contribution is 1.97. The number of nitrogens with zero attached hydrogens (tertiary/aromatic N) is 2. The Morgan fingerprint density at radius 1 is 1.29 bits per heavy atom. The van der Waals surface area contributed by atoms with E-state index in [2.05, 4.69) is 17.2 Å². The van der Waals surface area contributed by atoms with Crippen LogP contribution >= 0.6 is 0 Å². The van der Waals surface area contributed by atoms with Crippen molar-refractivity contribution in [3.05, 3.63) is 27.9 Å². The third-order valence-electron chi connectivity index (χ3n) is 2.74. The molecule has 0 unspecified atom stereocenters. The molecule has 96 valence electrons. The van der Waals surface area contributed by atoms with Crippen LogP contribution in [0.15, 0.2) is 10.9 Å². The fraction of sp³-hybridized carbons (Fsp3) is 0.692. The van der Waals surface area contributed by atoms with E-state index < -0.39 is 0 Å². The van der Waals surface area contributed by atoms with Crippen LogP contribution in [0.5, 0.6) is 0 Å². The summed E-state index contributed by atoms with van der Waals surface area (Å²) in [5.41, 5.74) is 0.866. The molecule has 0 bridgehead atoms. The minimum absolute atomic E-state index is 0.0662. The van der Waals surface area contributed by atoms with Crippen LogP contribution in [-0.2, 0) is 6.54 Å². The van der Waals surface area contributed by atoms with E-state index in [1.807, 2.05) is 13.8 Å². The standard InChI is InChI=1S/C13H23N3O/c1-4-7-14-8-5-6-9-16-12(3)15-11(2)10-13(16)17/h10,14H,4-9H2,1-3H3. The number of hydrogen-bond acceptors (Lipinski definition) is 3. The van der Waals surface area contributed by atoms with E-state index in [4.69, 9.17) is 0 Å². The van der Waals surface area contributed by atoms with E-state index in [-0.39, 0.29) is 5.56 Å². The van der Waals surface area contributed by atoms with E-state index in [1.54, 1.807) is 10.6 Å². The van der Waals surface area contributed by atoms with Gasteiger partial charge in [-0.25, -0.2) is 4.98 Å². The van der Waals surface area contributed by atoms with Crippen LogP contribution < -0.4 is 10.9 Å². The van der Waals surface area contributed by atoms with E-state index in [0.29, 0.717) is 0 Å². The first-order valence-electron chi connectivity index (χ1n) is 6.41. The largest absolute Gasteiger partial charge is 0.317 e. The minimum atomic E-state index is 0.0662. The van der Waals surface area contributed by atoms with Crippen molar-refractivity contribution in [2.45, 2.75) is 46.6 Å². The minimum Gasteiger partial charge on any atom is -0.317 e. The summed E-state index contributed by atoms with van der Waals surface area (Å²) in [4.78, 5) is 16.0. The van der Waals surface area contributed by atoms with Gasteiger partial charge in [-0.3, -0.25) is 9.36 Å². The van der Waals surface area contributed by atoms with Gasteiger partial charge in [0.25, 0.3) is 5.56 Å². The maximum Gasteiger partial charge on any atom is 0.253 e. The summed E-state index contributed by atoms with van der Waals surface area (Å²) in [5, 5.41) is 3.36. The molecule has 0 aliphatic heterocycles.